The number of rotatable bonds is 6. The summed E-state index contributed by atoms with van der Waals surface area (Å²) in [5, 5.41) is 23.5. The zero-order valence-corrected chi connectivity index (χ0v) is 13.9. The molecule has 3 aromatic rings. The standard InChI is InChI=1S/C17H16ClN3OS/c18-14-8-6-13(7-9-14)15(11-22)19-17-21-20-16(23-17)10-12-4-2-1-3-5-12/h1-9,15,22H,10-11H2,(H,19,21). The van der Waals surface area contributed by atoms with Crippen LogP contribution in [0.1, 0.15) is 22.2 Å². The number of aliphatic hydroxyl groups excluding tert-OH is 1. The van der Waals surface area contributed by atoms with Crippen LogP contribution in [0.2, 0.25) is 5.02 Å². The van der Waals surface area contributed by atoms with Gasteiger partial charge >= 0.3 is 0 Å². The molecule has 3 rings (SSSR count). The van der Waals surface area contributed by atoms with Crippen LogP contribution in [0, 0.1) is 0 Å². The third-order valence-corrected chi connectivity index (χ3v) is 4.52. The minimum atomic E-state index is -0.232. The van der Waals surface area contributed by atoms with E-state index in [0.717, 1.165) is 17.0 Å². The second-order valence-corrected chi connectivity index (χ2v) is 6.59. The molecule has 0 spiro atoms. The number of hydrogen-bond donors (Lipinski definition) is 2. The molecule has 0 saturated carbocycles. The smallest absolute Gasteiger partial charge is 0.206 e. The average molecular weight is 346 g/mol. The van der Waals surface area contributed by atoms with Crippen molar-refractivity contribution in [2.24, 2.45) is 0 Å². The minimum Gasteiger partial charge on any atom is -0.394 e. The Morgan fingerprint density at radius 1 is 1.04 bits per heavy atom. The molecule has 0 aliphatic heterocycles. The minimum absolute atomic E-state index is 0.0325. The van der Waals surface area contributed by atoms with Crippen molar-refractivity contribution in [2.45, 2.75) is 12.5 Å². The lowest BCUT2D eigenvalue weighted by atomic mass is 10.1. The van der Waals surface area contributed by atoms with Crippen molar-refractivity contribution in [1.82, 2.24) is 10.2 Å². The summed E-state index contributed by atoms with van der Waals surface area (Å²) in [7, 11) is 0. The maximum atomic E-state index is 9.61. The first kappa shape index (κ1) is 15.9. The summed E-state index contributed by atoms with van der Waals surface area (Å²) < 4.78 is 0. The van der Waals surface area contributed by atoms with Gasteiger partial charge in [-0.15, -0.1) is 10.2 Å². The SMILES string of the molecule is OCC(Nc1nnc(Cc2ccccc2)s1)c1ccc(Cl)cc1. The van der Waals surface area contributed by atoms with E-state index in [1.807, 2.05) is 42.5 Å². The van der Waals surface area contributed by atoms with E-state index in [9.17, 15) is 5.11 Å². The van der Waals surface area contributed by atoms with E-state index in [4.69, 9.17) is 11.6 Å². The van der Waals surface area contributed by atoms with Crippen molar-refractivity contribution >= 4 is 28.1 Å². The first-order valence-corrected chi connectivity index (χ1v) is 8.43. The Kier molecular flexibility index (Phi) is 5.23. The van der Waals surface area contributed by atoms with Gasteiger partial charge in [0, 0.05) is 11.4 Å². The van der Waals surface area contributed by atoms with Gasteiger partial charge in [0.2, 0.25) is 5.13 Å². The normalized spacial score (nSPS) is 12.1. The van der Waals surface area contributed by atoms with Gasteiger partial charge in [-0.3, -0.25) is 0 Å². The summed E-state index contributed by atoms with van der Waals surface area (Å²) in [5.41, 5.74) is 2.16. The van der Waals surface area contributed by atoms with Crippen molar-refractivity contribution in [1.29, 1.82) is 0 Å². The molecular formula is C17H16ClN3OS. The quantitative estimate of drug-likeness (QED) is 0.710. The summed E-state index contributed by atoms with van der Waals surface area (Å²) >= 11 is 7.40. The van der Waals surface area contributed by atoms with Gasteiger partial charge in [0.25, 0.3) is 0 Å². The first-order chi connectivity index (χ1) is 11.2. The van der Waals surface area contributed by atoms with Crippen molar-refractivity contribution in [3.8, 4) is 0 Å². The zero-order valence-electron chi connectivity index (χ0n) is 12.3. The molecule has 1 aromatic heterocycles. The van der Waals surface area contributed by atoms with Gasteiger partial charge in [-0.1, -0.05) is 65.4 Å². The fourth-order valence-electron chi connectivity index (χ4n) is 2.23. The highest BCUT2D eigenvalue weighted by Gasteiger charge is 2.13. The van der Waals surface area contributed by atoms with Gasteiger partial charge < -0.3 is 10.4 Å². The summed E-state index contributed by atoms with van der Waals surface area (Å²) in [6, 6.07) is 17.3. The molecule has 118 valence electrons. The molecule has 2 aromatic carbocycles. The Balaban J connectivity index is 1.68. The second-order valence-electron chi connectivity index (χ2n) is 5.09. The van der Waals surface area contributed by atoms with Gasteiger partial charge in [0.05, 0.1) is 12.6 Å². The van der Waals surface area contributed by atoms with Crippen molar-refractivity contribution in [3.05, 3.63) is 75.8 Å². The predicted octanol–water partition coefficient (Wildman–Crippen LogP) is 3.93. The number of aliphatic hydroxyl groups is 1. The largest absolute Gasteiger partial charge is 0.394 e. The van der Waals surface area contributed by atoms with E-state index in [1.54, 1.807) is 0 Å². The lowest BCUT2D eigenvalue weighted by molar-refractivity contribution is 0.276. The van der Waals surface area contributed by atoms with E-state index in [1.165, 1.54) is 16.9 Å². The predicted molar refractivity (Wildman–Crippen MR) is 94.1 cm³/mol. The topological polar surface area (TPSA) is 58.0 Å². The molecule has 4 nitrogen and oxygen atoms in total. The monoisotopic (exact) mass is 345 g/mol. The number of hydrogen-bond acceptors (Lipinski definition) is 5. The number of benzene rings is 2. The summed E-state index contributed by atoms with van der Waals surface area (Å²) in [5.74, 6) is 0. The van der Waals surface area contributed by atoms with Gasteiger partial charge in [-0.05, 0) is 23.3 Å². The van der Waals surface area contributed by atoms with Gasteiger partial charge in [-0.2, -0.15) is 0 Å². The third-order valence-electron chi connectivity index (χ3n) is 3.42. The summed E-state index contributed by atoms with van der Waals surface area (Å²) in [6.45, 7) is -0.0325. The Bertz CT molecular complexity index is 746. The number of nitrogens with zero attached hydrogens (tertiary/aromatic N) is 2. The lowest BCUT2D eigenvalue weighted by Crippen LogP contribution is -2.14. The summed E-state index contributed by atoms with van der Waals surface area (Å²) in [6.07, 6.45) is 0.755. The van der Waals surface area contributed by atoms with Crippen LogP contribution in [0.3, 0.4) is 0 Å². The molecule has 1 heterocycles. The van der Waals surface area contributed by atoms with Crippen LogP contribution in [0.4, 0.5) is 5.13 Å². The lowest BCUT2D eigenvalue weighted by Gasteiger charge is -2.15. The molecule has 23 heavy (non-hydrogen) atoms. The van der Waals surface area contributed by atoms with Crippen LogP contribution in [0.25, 0.3) is 0 Å². The molecule has 6 heteroatoms. The second kappa shape index (κ2) is 7.55. The maximum Gasteiger partial charge on any atom is 0.206 e. The Hall–Kier alpha value is -1.95. The molecule has 0 bridgehead atoms. The fourth-order valence-corrected chi connectivity index (χ4v) is 3.18. The van der Waals surface area contributed by atoms with Gasteiger partial charge in [-0.25, -0.2) is 0 Å². The third kappa shape index (κ3) is 4.28. The molecule has 2 N–H and O–H groups in total. The van der Waals surface area contributed by atoms with E-state index in [0.29, 0.717) is 10.2 Å². The Morgan fingerprint density at radius 3 is 2.48 bits per heavy atom. The van der Waals surface area contributed by atoms with Crippen LogP contribution < -0.4 is 5.32 Å². The molecular weight excluding hydrogens is 330 g/mol. The molecule has 0 fully saturated rings. The molecule has 0 amide bonds. The van der Waals surface area contributed by atoms with Crippen molar-refractivity contribution < 1.29 is 5.11 Å². The number of nitrogens with one attached hydrogen (secondary N) is 1. The van der Waals surface area contributed by atoms with E-state index >= 15 is 0 Å². The highest BCUT2D eigenvalue weighted by molar-refractivity contribution is 7.15. The maximum absolute atomic E-state index is 9.61. The van der Waals surface area contributed by atoms with Crippen molar-refractivity contribution in [2.75, 3.05) is 11.9 Å². The van der Waals surface area contributed by atoms with Crippen LogP contribution in [0.5, 0.6) is 0 Å². The number of anilines is 1. The van der Waals surface area contributed by atoms with Crippen LogP contribution >= 0.6 is 22.9 Å². The zero-order chi connectivity index (χ0) is 16.1. The number of halogens is 1. The van der Waals surface area contributed by atoms with E-state index in [-0.39, 0.29) is 12.6 Å². The molecule has 0 aliphatic carbocycles. The highest BCUT2D eigenvalue weighted by atomic mass is 35.5. The van der Waals surface area contributed by atoms with Crippen LogP contribution in [-0.2, 0) is 6.42 Å². The molecule has 0 aliphatic rings. The Labute approximate surface area is 143 Å². The molecule has 0 saturated heterocycles. The summed E-state index contributed by atoms with van der Waals surface area (Å²) in [4.78, 5) is 0. The highest BCUT2D eigenvalue weighted by Crippen LogP contribution is 2.24. The first-order valence-electron chi connectivity index (χ1n) is 7.24. The van der Waals surface area contributed by atoms with Gasteiger partial charge in [0.15, 0.2) is 0 Å². The van der Waals surface area contributed by atoms with E-state index < -0.39 is 0 Å². The molecule has 1 atom stereocenters. The fraction of sp³-hybridized carbons (Fsp3) is 0.176. The molecule has 0 radical (unpaired) electrons. The Morgan fingerprint density at radius 2 is 1.78 bits per heavy atom. The van der Waals surface area contributed by atoms with E-state index in [2.05, 4.69) is 27.6 Å². The molecule has 1 unspecified atom stereocenters. The number of aromatic nitrogens is 2. The average Bonchev–Trinajstić information content (AvgIpc) is 3.01. The van der Waals surface area contributed by atoms with Crippen LogP contribution in [-0.4, -0.2) is 21.9 Å². The van der Waals surface area contributed by atoms with Crippen LogP contribution in [0.15, 0.2) is 54.6 Å². The van der Waals surface area contributed by atoms with Gasteiger partial charge in [0.1, 0.15) is 5.01 Å². The van der Waals surface area contributed by atoms with Crippen molar-refractivity contribution in [3.63, 3.8) is 0 Å².